The number of nitrogens with zero attached hydrogens (tertiary/aromatic N) is 2. The summed E-state index contributed by atoms with van der Waals surface area (Å²) in [6, 6.07) is 22.5. The zero-order chi connectivity index (χ0) is 30.0. The molecule has 0 fully saturated rings. The highest BCUT2D eigenvalue weighted by Gasteiger charge is 2.30. The van der Waals surface area contributed by atoms with Gasteiger partial charge in [-0.15, -0.1) is 0 Å². The van der Waals surface area contributed by atoms with Crippen LogP contribution in [0.3, 0.4) is 0 Å². The Kier molecular flexibility index (Phi) is 11.5. The Labute approximate surface area is 245 Å². The second-order valence-electron chi connectivity index (χ2n) is 10.7. The van der Waals surface area contributed by atoms with Gasteiger partial charge in [0, 0.05) is 32.5 Å². The van der Waals surface area contributed by atoms with E-state index in [1.54, 1.807) is 11.0 Å². The van der Waals surface area contributed by atoms with Gasteiger partial charge in [-0.1, -0.05) is 79.2 Å². The van der Waals surface area contributed by atoms with E-state index < -0.39 is 16.1 Å². The predicted octanol–water partition coefficient (Wildman–Crippen LogP) is 5.32. The Morgan fingerprint density at radius 1 is 0.878 bits per heavy atom. The second kappa shape index (κ2) is 14.8. The Bertz CT molecular complexity index is 1410. The number of aryl methyl sites for hydroxylation is 2. The average Bonchev–Trinajstić information content (AvgIpc) is 2.94. The number of anilines is 1. The minimum Gasteiger partial charge on any atom is -0.354 e. The molecule has 0 aliphatic carbocycles. The SMILES string of the molecule is CCCNC(=O)[C@@H](Cc1ccccc1)N(Cc1ccc(C)cc1)C(=O)CCCN(c1cccc(C)c1C)S(C)(=O)=O. The normalized spacial score (nSPS) is 12.0. The minimum atomic E-state index is -3.56. The Balaban J connectivity index is 1.88. The van der Waals surface area contributed by atoms with Crippen molar-refractivity contribution in [2.45, 2.75) is 66.0 Å². The van der Waals surface area contributed by atoms with Gasteiger partial charge >= 0.3 is 0 Å². The molecule has 7 nitrogen and oxygen atoms in total. The van der Waals surface area contributed by atoms with Gasteiger partial charge in [-0.2, -0.15) is 0 Å². The van der Waals surface area contributed by atoms with Gasteiger partial charge in [0.2, 0.25) is 21.8 Å². The maximum Gasteiger partial charge on any atom is 0.243 e. The lowest BCUT2D eigenvalue weighted by molar-refractivity contribution is -0.141. The molecule has 1 atom stereocenters. The molecule has 0 heterocycles. The first-order valence-electron chi connectivity index (χ1n) is 14.2. The smallest absolute Gasteiger partial charge is 0.243 e. The molecule has 0 unspecified atom stereocenters. The standard InChI is InChI=1S/C33H43N3O4S/c1-6-21-34-33(38)31(23-28-13-8-7-9-14-28)35(24-29-19-17-25(2)18-20-29)32(37)16-11-22-36(41(5,39)40)30-15-10-12-26(3)27(30)4/h7-10,12-15,17-20,31H,6,11,16,21-24H2,1-5H3,(H,34,38)/t31-/m1/s1. The largest absolute Gasteiger partial charge is 0.354 e. The summed E-state index contributed by atoms with van der Waals surface area (Å²) >= 11 is 0. The highest BCUT2D eigenvalue weighted by Crippen LogP contribution is 2.26. The Morgan fingerprint density at radius 2 is 1.56 bits per heavy atom. The molecular formula is C33H43N3O4S. The molecule has 0 saturated heterocycles. The van der Waals surface area contributed by atoms with Crippen LogP contribution in [0.4, 0.5) is 5.69 Å². The van der Waals surface area contributed by atoms with Crippen molar-refractivity contribution in [1.82, 2.24) is 10.2 Å². The maximum absolute atomic E-state index is 13.9. The van der Waals surface area contributed by atoms with Crippen LogP contribution in [0, 0.1) is 20.8 Å². The van der Waals surface area contributed by atoms with E-state index in [1.165, 1.54) is 10.6 Å². The molecule has 0 spiro atoms. The number of nitrogens with one attached hydrogen (secondary N) is 1. The maximum atomic E-state index is 13.9. The number of amides is 2. The molecule has 41 heavy (non-hydrogen) atoms. The van der Waals surface area contributed by atoms with Crippen LogP contribution in [0.1, 0.15) is 54.0 Å². The Morgan fingerprint density at radius 3 is 2.20 bits per heavy atom. The topological polar surface area (TPSA) is 86.8 Å². The fraction of sp³-hybridized carbons (Fsp3) is 0.394. The van der Waals surface area contributed by atoms with E-state index >= 15 is 0 Å². The van der Waals surface area contributed by atoms with Crippen molar-refractivity contribution in [2.75, 3.05) is 23.7 Å². The van der Waals surface area contributed by atoms with E-state index in [1.807, 2.05) is 94.4 Å². The fourth-order valence-corrected chi connectivity index (χ4v) is 5.81. The molecule has 0 radical (unpaired) electrons. The number of benzene rings is 3. The fourth-order valence-electron chi connectivity index (χ4n) is 4.80. The van der Waals surface area contributed by atoms with Crippen LogP contribution in [-0.2, 0) is 32.6 Å². The van der Waals surface area contributed by atoms with Crippen molar-refractivity contribution in [3.8, 4) is 0 Å². The molecule has 3 rings (SSSR count). The van der Waals surface area contributed by atoms with Gasteiger partial charge in [0.25, 0.3) is 0 Å². The van der Waals surface area contributed by atoms with Gasteiger partial charge in [-0.3, -0.25) is 13.9 Å². The van der Waals surface area contributed by atoms with E-state index in [-0.39, 0.29) is 31.3 Å². The summed E-state index contributed by atoms with van der Waals surface area (Å²) in [5, 5.41) is 2.99. The number of rotatable bonds is 14. The molecule has 0 aliphatic heterocycles. The number of hydrogen-bond acceptors (Lipinski definition) is 4. The summed E-state index contributed by atoms with van der Waals surface area (Å²) in [6.07, 6.45) is 2.78. The lowest BCUT2D eigenvalue weighted by Crippen LogP contribution is -2.50. The van der Waals surface area contributed by atoms with Crippen LogP contribution in [0.25, 0.3) is 0 Å². The molecule has 1 N–H and O–H groups in total. The quantitative estimate of drug-likeness (QED) is 0.281. The van der Waals surface area contributed by atoms with Gasteiger partial charge in [-0.05, 0) is 61.9 Å². The van der Waals surface area contributed by atoms with Gasteiger partial charge < -0.3 is 10.2 Å². The van der Waals surface area contributed by atoms with Crippen LogP contribution in [-0.4, -0.2) is 50.5 Å². The first-order valence-corrected chi connectivity index (χ1v) is 16.1. The van der Waals surface area contributed by atoms with Gasteiger partial charge in [0.15, 0.2) is 0 Å². The second-order valence-corrected chi connectivity index (χ2v) is 12.6. The van der Waals surface area contributed by atoms with Gasteiger partial charge in [0.1, 0.15) is 6.04 Å². The monoisotopic (exact) mass is 577 g/mol. The third-order valence-corrected chi connectivity index (χ3v) is 8.47. The number of carbonyl (C=O) groups excluding carboxylic acids is 2. The lowest BCUT2D eigenvalue weighted by Gasteiger charge is -2.32. The highest BCUT2D eigenvalue weighted by atomic mass is 32.2. The third-order valence-electron chi connectivity index (χ3n) is 7.29. The molecular weight excluding hydrogens is 534 g/mol. The van der Waals surface area contributed by atoms with Gasteiger partial charge in [-0.25, -0.2) is 8.42 Å². The van der Waals surface area contributed by atoms with Gasteiger partial charge in [0.05, 0.1) is 11.9 Å². The number of hydrogen-bond donors (Lipinski definition) is 1. The zero-order valence-electron chi connectivity index (χ0n) is 24.9. The van der Waals surface area contributed by atoms with Crippen molar-refractivity contribution in [3.63, 3.8) is 0 Å². The summed E-state index contributed by atoms with van der Waals surface area (Å²) in [5.74, 6) is -0.378. The molecule has 8 heteroatoms. The first-order chi connectivity index (χ1) is 19.5. The summed E-state index contributed by atoms with van der Waals surface area (Å²) in [6.45, 7) is 8.82. The van der Waals surface area contributed by atoms with E-state index in [0.717, 1.165) is 34.2 Å². The van der Waals surface area contributed by atoms with Crippen molar-refractivity contribution in [2.24, 2.45) is 0 Å². The molecule has 0 bridgehead atoms. The molecule has 3 aromatic carbocycles. The van der Waals surface area contributed by atoms with Crippen molar-refractivity contribution in [1.29, 1.82) is 0 Å². The van der Waals surface area contributed by atoms with E-state index in [0.29, 0.717) is 25.1 Å². The predicted molar refractivity (Wildman–Crippen MR) is 166 cm³/mol. The summed E-state index contributed by atoms with van der Waals surface area (Å²) < 4.78 is 26.9. The van der Waals surface area contributed by atoms with Crippen LogP contribution < -0.4 is 9.62 Å². The first kappa shape index (κ1) is 31.9. The van der Waals surface area contributed by atoms with Crippen molar-refractivity contribution < 1.29 is 18.0 Å². The molecule has 2 amide bonds. The van der Waals surface area contributed by atoms with Crippen LogP contribution in [0.5, 0.6) is 0 Å². The number of carbonyl (C=O) groups is 2. The lowest BCUT2D eigenvalue weighted by atomic mass is 10.0. The highest BCUT2D eigenvalue weighted by molar-refractivity contribution is 7.92. The van der Waals surface area contributed by atoms with Crippen molar-refractivity contribution in [3.05, 3.63) is 101 Å². The summed E-state index contributed by atoms with van der Waals surface area (Å²) in [7, 11) is -3.56. The molecule has 0 aromatic heterocycles. The number of sulfonamides is 1. The zero-order valence-corrected chi connectivity index (χ0v) is 25.7. The average molecular weight is 578 g/mol. The molecule has 220 valence electrons. The van der Waals surface area contributed by atoms with E-state index in [4.69, 9.17) is 0 Å². The summed E-state index contributed by atoms with van der Waals surface area (Å²) in [4.78, 5) is 29.0. The van der Waals surface area contributed by atoms with Crippen LogP contribution in [0.15, 0.2) is 72.8 Å². The third kappa shape index (κ3) is 9.18. The summed E-state index contributed by atoms with van der Waals surface area (Å²) in [5.41, 5.74) is 5.51. The van der Waals surface area contributed by atoms with Crippen LogP contribution in [0.2, 0.25) is 0 Å². The van der Waals surface area contributed by atoms with Crippen LogP contribution >= 0.6 is 0 Å². The molecule has 0 aliphatic rings. The minimum absolute atomic E-state index is 0.106. The Hall–Kier alpha value is -3.65. The van der Waals surface area contributed by atoms with E-state index in [2.05, 4.69) is 5.32 Å². The molecule has 0 saturated carbocycles. The van der Waals surface area contributed by atoms with Crippen molar-refractivity contribution >= 4 is 27.5 Å². The van der Waals surface area contributed by atoms with E-state index in [9.17, 15) is 18.0 Å². The molecule has 3 aromatic rings.